The molecule has 1 aliphatic rings. The second-order valence-electron chi connectivity index (χ2n) is 3.06. The lowest BCUT2D eigenvalue weighted by atomic mass is 10.3. The maximum atomic E-state index is 11.3. The lowest BCUT2D eigenvalue weighted by Gasteiger charge is -2.02. The number of rotatable bonds is 3. The molecule has 0 radical (unpaired) electrons. The van der Waals surface area contributed by atoms with E-state index in [1.54, 1.807) is 0 Å². The lowest BCUT2D eigenvalue weighted by molar-refractivity contribution is -0.148. The predicted molar refractivity (Wildman–Crippen MR) is 56.5 cm³/mol. The van der Waals surface area contributed by atoms with E-state index in [1.807, 2.05) is 0 Å². The molecule has 0 aromatic rings. The van der Waals surface area contributed by atoms with Gasteiger partial charge in [0.15, 0.2) is 0 Å². The number of methoxy groups -OCH3 is 2. The SMILES string of the molecule is COC(=O)C1[C@H](C(=O)OC)C1(Br)CBr. The van der Waals surface area contributed by atoms with Crippen LogP contribution in [0.25, 0.3) is 0 Å². The van der Waals surface area contributed by atoms with Crippen LogP contribution in [0.15, 0.2) is 0 Å². The topological polar surface area (TPSA) is 52.6 Å². The number of alkyl halides is 2. The highest BCUT2D eigenvalue weighted by Gasteiger charge is 2.71. The third-order valence-electron chi connectivity index (χ3n) is 2.37. The van der Waals surface area contributed by atoms with Crippen molar-refractivity contribution in [2.75, 3.05) is 19.5 Å². The lowest BCUT2D eigenvalue weighted by Crippen LogP contribution is -2.13. The Labute approximate surface area is 98.6 Å². The maximum absolute atomic E-state index is 11.3. The highest BCUT2D eigenvalue weighted by atomic mass is 79.9. The summed E-state index contributed by atoms with van der Waals surface area (Å²) in [7, 11) is 2.60. The fraction of sp³-hybridized carbons (Fsp3) is 0.750. The van der Waals surface area contributed by atoms with Crippen LogP contribution in [0.5, 0.6) is 0 Å². The summed E-state index contributed by atoms with van der Waals surface area (Å²) in [6, 6.07) is 0. The minimum Gasteiger partial charge on any atom is -0.469 e. The number of halogens is 2. The van der Waals surface area contributed by atoms with Crippen LogP contribution < -0.4 is 0 Å². The van der Waals surface area contributed by atoms with E-state index in [9.17, 15) is 9.59 Å². The zero-order chi connectivity index (χ0) is 10.9. The molecule has 1 fully saturated rings. The quantitative estimate of drug-likeness (QED) is 0.575. The van der Waals surface area contributed by atoms with Crippen LogP contribution in [0.3, 0.4) is 0 Å². The molecule has 0 N–H and O–H groups in total. The number of carbonyl (C=O) groups is 2. The van der Waals surface area contributed by atoms with Crippen LogP contribution in [-0.2, 0) is 19.1 Å². The molecule has 0 spiro atoms. The van der Waals surface area contributed by atoms with Crippen LogP contribution in [0.1, 0.15) is 0 Å². The molecule has 6 heteroatoms. The summed E-state index contributed by atoms with van der Waals surface area (Å²) in [5, 5.41) is 0.500. The maximum Gasteiger partial charge on any atom is 0.311 e. The van der Waals surface area contributed by atoms with E-state index < -0.39 is 28.1 Å². The molecule has 1 rings (SSSR count). The number of carbonyl (C=O) groups excluding carboxylic acids is 2. The molecule has 1 saturated carbocycles. The van der Waals surface area contributed by atoms with Gasteiger partial charge in [0, 0.05) is 5.33 Å². The Bertz CT molecular complexity index is 244. The van der Waals surface area contributed by atoms with Gasteiger partial charge in [-0.05, 0) is 0 Å². The van der Waals surface area contributed by atoms with Gasteiger partial charge in [0.2, 0.25) is 0 Å². The summed E-state index contributed by atoms with van der Waals surface area (Å²) in [6.45, 7) is 0. The van der Waals surface area contributed by atoms with Crippen molar-refractivity contribution in [1.82, 2.24) is 0 Å². The van der Waals surface area contributed by atoms with E-state index >= 15 is 0 Å². The van der Waals surface area contributed by atoms with Crippen LogP contribution in [-0.4, -0.2) is 35.8 Å². The van der Waals surface area contributed by atoms with Gasteiger partial charge >= 0.3 is 11.9 Å². The van der Waals surface area contributed by atoms with Gasteiger partial charge < -0.3 is 9.47 Å². The Morgan fingerprint density at radius 2 is 1.57 bits per heavy atom. The standard InChI is InChI=1S/C8H10Br2O4/c1-13-6(11)4-5(7(12)14-2)8(4,10)3-9/h4-5H,3H2,1-2H3/t4-,5?,8?/m1/s1. The highest BCUT2D eigenvalue weighted by Crippen LogP contribution is 2.59. The van der Waals surface area contributed by atoms with Gasteiger partial charge in [-0.2, -0.15) is 0 Å². The van der Waals surface area contributed by atoms with Crippen LogP contribution in [0, 0.1) is 11.8 Å². The molecule has 4 nitrogen and oxygen atoms in total. The molecular formula is C8H10Br2O4. The third-order valence-corrected chi connectivity index (χ3v) is 5.32. The van der Waals surface area contributed by atoms with Gasteiger partial charge in [0.25, 0.3) is 0 Å². The summed E-state index contributed by atoms with van der Waals surface area (Å²) in [6.07, 6.45) is 0. The molecule has 0 aromatic carbocycles. The molecule has 0 bridgehead atoms. The molecule has 0 saturated heterocycles. The van der Waals surface area contributed by atoms with Gasteiger partial charge in [-0.15, -0.1) is 0 Å². The van der Waals surface area contributed by atoms with Crippen LogP contribution >= 0.6 is 31.9 Å². The molecule has 1 aliphatic carbocycles. The molecule has 3 atom stereocenters. The van der Waals surface area contributed by atoms with Crippen molar-refractivity contribution in [3.8, 4) is 0 Å². The largest absolute Gasteiger partial charge is 0.469 e. The Hall–Kier alpha value is -0.100. The van der Waals surface area contributed by atoms with E-state index in [1.165, 1.54) is 14.2 Å². The molecule has 0 aromatic heterocycles. The fourth-order valence-electron chi connectivity index (χ4n) is 1.49. The summed E-state index contributed by atoms with van der Waals surface area (Å²) >= 11 is 6.60. The van der Waals surface area contributed by atoms with Gasteiger partial charge in [-0.3, -0.25) is 9.59 Å². The number of hydrogen-bond acceptors (Lipinski definition) is 4. The second-order valence-corrected chi connectivity index (χ2v) is 5.10. The van der Waals surface area contributed by atoms with Crippen molar-refractivity contribution in [2.45, 2.75) is 4.32 Å². The monoisotopic (exact) mass is 328 g/mol. The zero-order valence-electron chi connectivity index (χ0n) is 7.75. The Balaban J connectivity index is 2.79. The average Bonchev–Trinajstić information content (AvgIpc) is 2.83. The van der Waals surface area contributed by atoms with Crippen molar-refractivity contribution in [3.05, 3.63) is 0 Å². The molecule has 0 heterocycles. The molecule has 0 amide bonds. The minimum absolute atomic E-state index is 0.392. The molecular weight excluding hydrogens is 320 g/mol. The van der Waals surface area contributed by atoms with Crippen molar-refractivity contribution < 1.29 is 19.1 Å². The van der Waals surface area contributed by atoms with Crippen molar-refractivity contribution in [1.29, 1.82) is 0 Å². The molecule has 14 heavy (non-hydrogen) atoms. The predicted octanol–water partition coefficient (Wildman–Crippen LogP) is 1.11. The molecule has 80 valence electrons. The first-order valence-electron chi connectivity index (χ1n) is 3.93. The summed E-state index contributed by atoms with van der Waals surface area (Å²) < 4.78 is 8.65. The number of ether oxygens (including phenoxy) is 2. The van der Waals surface area contributed by atoms with Crippen molar-refractivity contribution in [3.63, 3.8) is 0 Å². The number of hydrogen-bond donors (Lipinski definition) is 0. The van der Waals surface area contributed by atoms with Gasteiger partial charge in [0.05, 0.1) is 30.4 Å². The minimum atomic E-state index is -0.548. The van der Waals surface area contributed by atoms with Crippen molar-refractivity contribution >= 4 is 43.8 Å². The van der Waals surface area contributed by atoms with Gasteiger partial charge in [0.1, 0.15) is 0 Å². The third kappa shape index (κ3) is 1.69. The van der Waals surface area contributed by atoms with E-state index in [-0.39, 0.29) is 0 Å². The van der Waals surface area contributed by atoms with Crippen LogP contribution in [0.4, 0.5) is 0 Å². The zero-order valence-corrected chi connectivity index (χ0v) is 10.9. The van der Waals surface area contributed by atoms with E-state index in [2.05, 4.69) is 41.3 Å². The summed E-state index contributed by atoms with van der Waals surface area (Å²) in [4.78, 5) is 22.6. The number of esters is 2. The second kappa shape index (κ2) is 4.18. The van der Waals surface area contributed by atoms with E-state index in [0.29, 0.717) is 5.33 Å². The first-order valence-corrected chi connectivity index (χ1v) is 5.85. The highest BCUT2D eigenvalue weighted by molar-refractivity contribution is 9.12. The molecule has 0 aliphatic heterocycles. The molecule has 2 unspecified atom stereocenters. The van der Waals surface area contributed by atoms with Gasteiger partial charge in [-0.1, -0.05) is 31.9 Å². The smallest absolute Gasteiger partial charge is 0.311 e. The van der Waals surface area contributed by atoms with Crippen LogP contribution in [0.2, 0.25) is 0 Å². The van der Waals surface area contributed by atoms with E-state index in [0.717, 1.165) is 0 Å². The normalized spacial score (nSPS) is 34.9. The Morgan fingerprint density at radius 3 is 1.79 bits per heavy atom. The van der Waals surface area contributed by atoms with Crippen molar-refractivity contribution in [2.24, 2.45) is 11.8 Å². The average molecular weight is 330 g/mol. The summed E-state index contributed by atoms with van der Waals surface area (Å²) in [5.74, 6) is -1.70. The Kier molecular flexibility index (Phi) is 3.58. The first-order chi connectivity index (χ1) is 6.52. The van der Waals surface area contributed by atoms with E-state index in [4.69, 9.17) is 0 Å². The first kappa shape index (κ1) is 12.0. The Morgan fingerprint density at radius 1 is 1.21 bits per heavy atom. The fourth-order valence-corrected chi connectivity index (χ4v) is 2.96. The van der Waals surface area contributed by atoms with Gasteiger partial charge in [-0.25, -0.2) is 0 Å². The summed E-state index contributed by atoms with van der Waals surface area (Å²) in [5.41, 5.74) is 0.